The average molecular weight is 350 g/mol. The van der Waals surface area contributed by atoms with Crippen molar-refractivity contribution in [3.05, 3.63) is 57.8 Å². The van der Waals surface area contributed by atoms with Crippen molar-refractivity contribution in [1.82, 2.24) is 0 Å². The summed E-state index contributed by atoms with van der Waals surface area (Å²) < 4.78 is 20.2. The van der Waals surface area contributed by atoms with E-state index in [9.17, 15) is 4.39 Å². The van der Waals surface area contributed by atoms with Gasteiger partial charge < -0.3 is 10.1 Å². The van der Waals surface area contributed by atoms with Crippen LogP contribution in [0.2, 0.25) is 0 Å². The molecule has 0 spiro atoms. The topological polar surface area (TPSA) is 21.3 Å². The lowest BCUT2D eigenvalue weighted by Crippen LogP contribution is -2.07. The van der Waals surface area contributed by atoms with Crippen molar-refractivity contribution in [2.24, 2.45) is 0 Å². The number of halogens is 2. The molecule has 0 aliphatic heterocycles. The SMILES string of the molecule is CCOc1ccc(NC2CCc3cc(Br)ccc32)cc1F. The molecule has 0 aromatic heterocycles. The molecule has 0 saturated carbocycles. The predicted octanol–water partition coefficient (Wildman–Crippen LogP) is 5.09. The molecule has 0 bridgehead atoms. The molecule has 1 unspecified atom stereocenters. The molecule has 2 nitrogen and oxygen atoms in total. The van der Waals surface area contributed by atoms with Gasteiger partial charge in [-0.2, -0.15) is 0 Å². The summed E-state index contributed by atoms with van der Waals surface area (Å²) in [6.45, 7) is 2.31. The first-order valence-electron chi connectivity index (χ1n) is 7.14. The second-order valence-corrected chi connectivity index (χ2v) is 6.07. The molecule has 4 heteroatoms. The molecule has 0 fully saturated rings. The Labute approximate surface area is 132 Å². The third kappa shape index (κ3) is 3.05. The summed E-state index contributed by atoms with van der Waals surface area (Å²) in [7, 11) is 0. The van der Waals surface area contributed by atoms with E-state index in [-0.39, 0.29) is 11.9 Å². The first-order chi connectivity index (χ1) is 10.2. The van der Waals surface area contributed by atoms with Gasteiger partial charge in [0.2, 0.25) is 0 Å². The minimum Gasteiger partial charge on any atom is -0.491 e. The van der Waals surface area contributed by atoms with Crippen LogP contribution in [0.5, 0.6) is 5.75 Å². The zero-order chi connectivity index (χ0) is 14.8. The van der Waals surface area contributed by atoms with Crippen LogP contribution in [0.4, 0.5) is 10.1 Å². The summed E-state index contributed by atoms with van der Waals surface area (Å²) >= 11 is 3.50. The Morgan fingerprint density at radius 2 is 2.14 bits per heavy atom. The average Bonchev–Trinajstić information content (AvgIpc) is 2.84. The Hall–Kier alpha value is -1.55. The quantitative estimate of drug-likeness (QED) is 0.830. The maximum absolute atomic E-state index is 13.9. The van der Waals surface area contributed by atoms with Crippen molar-refractivity contribution in [2.75, 3.05) is 11.9 Å². The molecule has 0 radical (unpaired) electrons. The minimum absolute atomic E-state index is 0.241. The van der Waals surface area contributed by atoms with Crippen LogP contribution >= 0.6 is 15.9 Å². The highest BCUT2D eigenvalue weighted by molar-refractivity contribution is 9.10. The molecular weight excluding hydrogens is 333 g/mol. The van der Waals surface area contributed by atoms with Crippen LogP contribution in [0, 0.1) is 5.82 Å². The van der Waals surface area contributed by atoms with E-state index in [1.165, 1.54) is 17.2 Å². The van der Waals surface area contributed by atoms with Gasteiger partial charge in [0, 0.05) is 16.2 Å². The van der Waals surface area contributed by atoms with Crippen molar-refractivity contribution in [2.45, 2.75) is 25.8 Å². The van der Waals surface area contributed by atoms with Gasteiger partial charge in [0.1, 0.15) is 0 Å². The highest BCUT2D eigenvalue weighted by Gasteiger charge is 2.22. The molecule has 0 heterocycles. The smallest absolute Gasteiger partial charge is 0.167 e. The Bertz CT molecular complexity index is 659. The number of anilines is 1. The molecule has 21 heavy (non-hydrogen) atoms. The van der Waals surface area contributed by atoms with Crippen molar-refractivity contribution in [3.8, 4) is 5.75 Å². The normalized spacial score (nSPS) is 16.6. The molecule has 1 N–H and O–H groups in total. The molecule has 3 rings (SSSR count). The number of fused-ring (bicyclic) bond motifs is 1. The fourth-order valence-electron chi connectivity index (χ4n) is 2.80. The maximum atomic E-state index is 13.9. The summed E-state index contributed by atoms with van der Waals surface area (Å²) in [4.78, 5) is 0. The number of benzene rings is 2. The van der Waals surface area contributed by atoms with E-state index in [0.29, 0.717) is 12.4 Å². The van der Waals surface area contributed by atoms with E-state index >= 15 is 0 Å². The van der Waals surface area contributed by atoms with Gasteiger partial charge in [0.15, 0.2) is 11.6 Å². The summed E-state index contributed by atoms with van der Waals surface area (Å²) in [5, 5.41) is 3.42. The van der Waals surface area contributed by atoms with Gasteiger partial charge in [0.05, 0.1) is 12.6 Å². The van der Waals surface area contributed by atoms with Gasteiger partial charge in [-0.25, -0.2) is 4.39 Å². The molecule has 2 aromatic rings. The number of ether oxygens (including phenoxy) is 1. The van der Waals surface area contributed by atoms with Gasteiger partial charge >= 0.3 is 0 Å². The van der Waals surface area contributed by atoms with Crippen LogP contribution in [0.15, 0.2) is 40.9 Å². The van der Waals surface area contributed by atoms with E-state index in [1.807, 2.05) is 13.0 Å². The Morgan fingerprint density at radius 1 is 1.29 bits per heavy atom. The fraction of sp³-hybridized carbons (Fsp3) is 0.294. The lowest BCUT2D eigenvalue weighted by Gasteiger charge is -2.16. The molecule has 1 atom stereocenters. The standard InChI is InChI=1S/C17H17BrFNO/c1-2-21-17-8-5-13(10-15(17)19)20-16-7-3-11-9-12(18)4-6-14(11)16/h4-6,8-10,16,20H,2-3,7H2,1H3. The Kier molecular flexibility index (Phi) is 4.15. The van der Waals surface area contributed by atoms with E-state index < -0.39 is 0 Å². The minimum atomic E-state index is -0.323. The third-order valence-corrected chi connectivity index (χ3v) is 4.25. The highest BCUT2D eigenvalue weighted by atomic mass is 79.9. The summed E-state index contributed by atoms with van der Waals surface area (Å²) in [5.74, 6) is -0.0188. The maximum Gasteiger partial charge on any atom is 0.167 e. The Morgan fingerprint density at radius 3 is 2.90 bits per heavy atom. The Balaban J connectivity index is 1.78. The van der Waals surface area contributed by atoms with Crippen molar-refractivity contribution in [1.29, 1.82) is 0 Å². The van der Waals surface area contributed by atoms with Crippen molar-refractivity contribution >= 4 is 21.6 Å². The lowest BCUT2D eigenvalue weighted by atomic mass is 10.1. The number of nitrogens with one attached hydrogen (secondary N) is 1. The van der Waals surface area contributed by atoms with Crippen LogP contribution in [-0.2, 0) is 6.42 Å². The zero-order valence-corrected chi connectivity index (χ0v) is 13.4. The molecular formula is C17H17BrFNO. The van der Waals surface area contributed by atoms with Crippen LogP contribution in [-0.4, -0.2) is 6.61 Å². The van der Waals surface area contributed by atoms with Crippen LogP contribution in [0.25, 0.3) is 0 Å². The first-order valence-corrected chi connectivity index (χ1v) is 7.94. The van der Waals surface area contributed by atoms with E-state index in [2.05, 4.69) is 39.4 Å². The largest absolute Gasteiger partial charge is 0.491 e. The second-order valence-electron chi connectivity index (χ2n) is 5.16. The third-order valence-electron chi connectivity index (χ3n) is 3.76. The van der Waals surface area contributed by atoms with Crippen LogP contribution in [0.1, 0.15) is 30.5 Å². The summed E-state index contributed by atoms with van der Waals surface area (Å²) in [6.07, 6.45) is 2.08. The number of rotatable bonds is 4. The summed E-state index contributed by atoms with van der Waals surface area (Å²) in [6, 6.07) is 11.6. The molecule has 110 valence electrons. The molecule has 2 aromatic carbocycles. The second kappa shape index (κ2) is 6.06. The van der Waals surface area contributed by atoms with Crippen LogP contribution in [0.3, 0.4) is 0 Å². The molecule has 1 aliphatic rings. The predicted molar refractivity (Wildman–Crippen MR) is 86.4 cm³/mol. The number of hydrogen-bond acceptors (Lipinski definition) is 2. The monoisotopic (exact) mass is 349 g/mol. The zero-order valence-electron chi connectivity index (χ0n) is 11.8. The fourth-order valence-corrected chi connectivity index (χ4v) is 3.21. The summed E-state index contributed by atoms with van der Waals surface area (Å²) in [5.41, 5.74) is 3.44. The van der Waals surface area contributed by atoms with Gasteiger partial charge in [-0.3, -0.25) is 0 Å². The molecule has 0 amide bonds. The van der Waals surface area contributed by atoms with Crippen LogP contribution < -0.4 is 10.1 Å². The highest BCUT2D eigenvalue weighted by Crippen LogP contribution is 2.35. The van der Waals surface area contributed by atoms with Gasteiger partial charge in [-0.15, -0.1) is 0 Å². The number of hydrogen-bond donors (Lipinski definition) is 1. The number of aryl methyl sites for hydroxylation is 1. The van der Waals surface area contributed by atoms with E-state index in [4.69, 9.17) is 4.74 Å². The lowest BCUT2D eigenvalue weighted by molar-refractivity contribution is 0.321. The van der Waals surface area contributed by atoms with E-state index in [1.54, 1.807) is 6.07 Å². The van der Waals surface area contributed by atoms with Crippen molar-refractivity contribution in [3.63, 3.8) is 0 Å². The van der Waals surface area contributed by atoms with Crippen molar-refractivity contribution < 1.29 is 9.13 Å². The molecule has 0 saturated heterocycles. The molecule has 1 aliphatic carbocycles. The van der Waals surface area contributed by atoms with Gasteiger partial charge in [-0.1, -0.05) is 22.0 Å². The van der Waals surface area contributed by atoms with Gasteiger partial charge in [-0.05, 0) is 55.2 Å². The first kappa shape index (κ1) is 14.4. The van der Waals surface area contributed by atoms with E-state index in [0.717, 1.165) is 23.0 Å². The van der Waals surface area contributed by atoms with Gasteiger partial charge in [0.25, 0.3) is 0 Å².